The van der Waals surface area contributed by atoms with Gasteiger partial charge in [0, 0.05) is 28.9 Å². The molecule has 1 aromatic rings. The Morgan fingerprint density at radius 2 is 1.12 bits per heavy atom. The van der Waals surface area contributed by atoms with Crippen LogP contribution in [0.4, 0.5) is 0 Å². The van der Waals surface area contributed by atoms with Gasteiger partial charge in [0.15, 0.2) is 0 Å². The first-order valence-electron chi connectivity index (χ1n) is 3.72. The molecule has 0 aliphatic carbocycles. The summed E-state index contributed by atoms with van der Waals surface area (Å²) < 4.78 is 22.5. The van der Waals surface area contributed by atoms with E-state index in [2.05, 4.69) is 44.2 Å². The Balaban J connectivity index is -0.000000214. The summed E-state index contributed by atoms with van der Waals surface area (Å²) in [6, 6.07) is 8.67. The molecule has 0 spiro atoms. The van der Waals surface area contributed by atoms with Gasteiger partial charge in [-0.3, -0.25) is 0 Å². The first-order chi connectivity index (χ1) is 7.47. The fourth-order valence-electron chi connectivity index (χ4n) is 1.11. The smallest absolute Gasteiger partial charge is 0.0190 e. The minimum atomic E-state index is 0. The molecule has 2 rings (SSSR count). The van der Waals surface area contributed by atoms with Crippen molar-refractivity contribution in [2.24, 2.45) is 0 Å². The third-order valence-corrected chi connectivity index (χ3v) is 2.66. The van der Waals surface area contributed by atoms with E-state index in [4.69, 9.17) is 14.0 Å². The Hall–Kier alpha value is -0.678. The zero-order valence-corrected chi connectivity index (χ0v) is 10.4. The Morgan fingerprint density at radius 1 is 0.812 bits per heavy atom. The summed E-state index contributed by atoms with van der Waals surface area (Å²) in [6.07, 6.45) is 0. The second-order valence-corrected chi connectivity index (χ2v) is 3.25. The van der Waals surface area contributed by atoms with Crippen LogP contribution < -0.4 is 0 Å². The van der Waals surface area contributed by atoms with Gasteiger partial charge in [-0.25, -0.2) is 0 Å². The number of rotatable bonds is 0. The van der Waals surface area contributed by atoms with E-state index in [1.807, 2.05) is 11.8 Å². The van der Waals surface area contributed by atoms with Gasteiger partial charge < -0.3 is 0 Å². The molecule has 0 saturated heterocycles. The molecule has 0 saturated carbocycles. The van der Waals surface area contributed by atoms with Crippen LogP contribution in [-0.2, 0) is 42.8 Å². The molecule has 1 heterocycles. The Labute approximate surface area is 110 Å². The molecule has 82 valence electrons. The van der Waals surface area contributed by atoms with E-state index in [0.29, 0.717) is 0 Å². The largest absolute Gasteiger partial charge is 0.152 e. The van der Waals surface area contributed by atoms with E-state index < -0.39 is 0 Å². The second kappa shape index (κ2) is 16.7. The van der Waals surface area contributed by atoms with Crippen molar-refractivity contribution < 1.29 is 31.3 Å². The molecule has 0 radical (unpaired) electrons. The second-order valence-electron chi connectivity index (χ2n) is 2.26. The van der Waals surface area contributed by atoms with Crippen molar-refractivity contribution in [1.29, 1.82) is 0 Å². The molecule has 3 nitrogen and oxygen atoms in total. The Bertz CT molecular complexity index is 296. The van der Waals surface area contributed by atoms with Crippen LogP contribution in [-0.4, -0.2) is 0 Å². The van der Waals surface area contributed by atoms with E-state index in [0.717, 1.165) is 0 Å². The molecule has 0 amide bonds. The van der Waals surface area contributed by atoms with Crippen molar-refractivity contribution in [3.8, 4) is 0 Å². The summed E-state index contributed by atoms with van der Waals surface area (Å²) in [4.78, 5) is 0. The van der Waals surface area contributed by atoms with Gasteiger partial charge in [-0.05, 0) is 11.1 Å². The van der Waals surface area contributed by atoms with E-state index in [-0.39, 0.29) is 17.4 Å². The summed E-state index contributed by atoms with van der Waals surface area (Å²) in [5.74, 6) is 2.44. The monoisotopic (exact) mass is 272 g/mol. The quantitative estimate of drug-likeness (QED) is 0.528. The van der Waals surface area contributed by atoms with Crippen LogP contribution in [0, 0.1) is 20.0 Å². The zero-order chi connectivity index (χ0) is 12.1. The molecule has 1 aromatic carbocycles. The van der Waals surface area contributed by atoms with Gasteiger partial charge in [0.1, 0.15) is 0 Å². The molecule has 1 aliphatic rings. The van der Waals surface area contributed by atoms with Gasteiger partial charge in [0.25, 0.3) is 0 Å². The molecule has 5 heteroatoms. The molecule has 0 fully saturated rings. The number of fused-ring (bicyclic) bond motifs is 1. The molecule has 0 bridgehead atoms. The van der Waals surface area contributed by atoms with Gasteiger partial charge in [-0.15, -0.1) is 0 Å². The normalized spacial score (nSPS) is 9.12. The average molecular weight is 272 g/mol. The van der Waals surface area contributed by atoms with Crippen molar-refractivity contribution in [2.45, 2.75) is 11.5 Å². The van der Waals surface area contributed by atoms with E-state index in [1.165, 1.54) is 22.6 Å². The molecular formula is C11H8CrO3S. The number of hydrogen-bond donors (Lipinski definition) is 0. The van der Waals surface area contributed by atoms with Gasteiger partial charge in [-0.2, -0.15) is 11.8 Å². The fourth-order valence-corrected chi connectivity index (χ4v) is 2.22. The molecule has 0 N–H and O–H groups in total. The van der Waals surface area contributed by atoms with Crippen LogP contribution in [0.1, 0.15) is 11.1 Å². The van der Waals surface area contributed by atoms with Crippen LogP contribution in [0.15, 0.2) is 24.3 Å². The number of hydrogen-bond acceptors (Lipinski definition) is 1. The standard InChI is InChI=1S/C8H8S.3CO.Cr/c1-2-4-8-6-9-5-7(8)3-1;3*1-2;/h1-4H,5-6H2;;;;. The first kappa shape index (κ1) is 20.7. The maximum absolute atomic E-state index is 7.50. The predicted molar refractivity (Wildman–Crippen MR) is 53.2 cm³/mol. The van der Waals surface area contributed by atoms with E-state index >= 15 is 0 Å². The van der Waals surface area contributed by atoms with Gasteiger partial charge in [0.05, 0.1) is 0 Å². The van der Waals surface area contributed by atoms with Crippen LogP contribution in [0.3, 0.4) is 0 Å². The fraction of sp³-hybridized carbons (Fsp3) is 0.182. The van der Waals surface area contributed by atoms with Crippen LogP contribution >= 0.6 is 11.8 Å². The SMILES string of the molecule is [C-]#[O+].[C-]#[O+].[C-]#[O+].[Cr].c1ccc2c(c1)CSC2. The van der Waals surface area contributed by atoms with Crippen LogP contribution in [0.25, 0.3) is 0 Å². The predicted octanol–water partition coefficient (Wildman–Crippen LogP) is 2.32. The summed E-state index contributed by atoms with van der Waals surface area (Å²) in [5.41, 5.74) is 3.06. The minimum absolute atomic E-state index is 0. The zero-order valence-electron chi connectivity index (χ0n) is 8.26. The van der Waals surface area contributed by atoms with Gasteiger partial charge in [0.2, 0.25) is 0 Å². The average Bonchev–Trinajstić information content (AvgIpc) is 2.85. The minimum Gasteiger partial charge on any atom is -0.152 e. The van der Waals surface area contributed by atoms with Crippen molar-refractivity contribution >= 4 is 11.8 Å². The first-order valence-corrected chi connectivity index (χ1v) is 4.88. The third kappa shape index (κ3) is 7.59. The topological polar surface area (TPSA) is 59.7 Å². The molecule has 0 unspecified atom stereocenters. The molecule has 0 atom stereocenters. The number of benzene rings is 1. The van der Waals surface area contributed by atoms with E-state index in [1.54, 1.807) is 0 Å². The number of thioether (sulfide) groups is 1. The van der Waals surface area contributed by atoms with Crippen molar-refractivity contribution in [2.75, 3.05) is 0 Å². The summed E-state index contributed by atoms with van der Waals surface area (Å²) in [7, 11) is 0. The van der Waals surface area contributed by atoms with E-state index in [9.17, 15) is 0 Å². The Kier molecular flexibility index (Phi) is 21.7. The van der Waals surface area contributed by atoms with Gasteiger partial charge in [-0.1, -0.05) is 24.3 Å². The Morgan fingerprint density at radius 3 is 1.44 bits per heavy atom. The summed E-state index contributed by atoms with van der Waals surface area (Å²) >= 11 is 2.00. The molecule has 1 aliphatic heterocycles. The van der Waals surface area contributed by atoms with Crippen molar-refractivity contribution in [3.05, 3.63) is 55.3 Å². The van der Waals surface area contributed by atoms with Crippen molar-refractivity contribution in [3.63, 3.8) is 0 Å². The maximum Gasteiger partial charge on any atom is 0.0190 e. The summed E-state index contributed by atoms with van der Waals surface area (Å²) in [6.45, 7) is 13.5. The maximum atomic E-state index is 7.50. The van der Waals surface area contributed by atoms with Crippen LogP contribution in [0.2, 0.25) is 0 Å². The van der Waals surface area contributed by atoms with Gasteiger partial charge >= 0.3 is 33.9 Å². The van der Waals surface area contributed by atoms with Crippen molar-refractivity contribution in [1.82, 2.24) is 0 Å². The molecule has 16 heavy (non-hydrogen) atoms. The summed E-state index contributed by atoms with van der Waals surface area (Å²) in [5, 5.41) is 0. The van der Waals surface area contributed by atoms with Crippen LogP contribution in [0.5, 0.6) is 0 Å². The molecular weight excluding hydrogens is 264 g/mol. The molecule has 0 aromatic heterocycles. The third-order valence-electron chi connectivity index (χ3n) is 1.63.